The molecule has 0 aliphatic rings. The highest BCUT2D eigenvalue weighted by Gasteiger charge is 2.03. The second-order valence-corrected chi connectivity index (χ2v) is 8.26. The van der Waals surface area contributed by atoms with E-state index >= 15 is 0 Å². The second-order valence-electron chi connectivity index (χ2n) is 7.53. The maximum Gasteiger partial charge on any atom is 0.00168 e. The van der Waals surface area contributed by atoms with Gasteiger partial charge in [-0.05, 0) is 12.8 Å². The van der Waals surface area contributed by atoms with E-state index in [2.05, 4.69) is 13.8 Å². The van der Waals surface area contributed by atoms with Gasteiger partial charge in [0.05, 0.1) is 0 Å². The molecular formula is C22H46S. The van der Waals surface area contributed by atoms with Crippen molar-refractivity contribution < 1.29 is 0 Å². The predicted octanol–water partition coefficient (Wildman–Crippen LogP) is 8.74. The lowest BCUT2D eigenvalue weighted by molar-refractivity contribution is 0.529. The van der Waals surface area contributed by atoms with Crippen molar-refractivity contribution in [1.29, 1.82) is 0 Å². The van der Waals surface area contributed by atoms with Crippen molar-refractivity contribution in [3.8, 4) is 0 Å². The second kappa shape index (κ2) is 20.4. The third-order valence-corrected chi connectivity index (χ3v) is 5.55. The Morgan fingerprint density at radius 3 is 1.00 bits per heavy atom. The summed E-state index contributed by atoms with van der Waals surface area (Å²) in [7, 11) is 0. The van der Waals surface area contributed by atoms with E-state index in [1.165, 1.54) is 122 Å². The van der Waals surface area contributed by atoms with Gasteiger partial charge in [-0.25, -0.2) is 0 Å². The fraction of sp³-hybridized carbons (Fsp3) is 1.00. The molecule has 0 aliphatic heterocycles. The molecule has 0 N–H and O–H groups in total. The van der Waals surface area contributed by atoms with Gasteiger partial charge < -0.3 is 0 Å². The summed E-state index contributed by atoms with van der Waals surface area (Å²) in [6, 6.07) is 0. The molecule has 0 aromatic heterocycles. The lowest BCUT2D eigenvalue weighted by Gasteiger charge is -2.10. The normalized spacial score (nSPS) is 12.7. The number of hydrogen-bond donors (Lipinski definition) is 1. The minimum atomic E-state index is 0.666. The first-order valence-electron chi connectivity index (χ1n) is 11.0. The smallest absolute Gasteiger partial charge is 0.00168 e. The highest BCUT2D eigenvalue weighted by molar-refractivity contribution is 7.80. The van der Waals surface area contributed by atoms with Gasteiger partial charge in [-0.1, -0.05) is 123 Å². The van der Waals surface area contributed by atoms with E-state index in [0.717, 1.165) is 0 Å². The summed E-state index contributed by atoms with van der Waals surface area (Å²) < 4.78 is 0. The number of thiol groups is 1. The highest BCUT2D eigenvalue weighted by Crippen LogP contribution is 2.18. The van der Waals surface area contributed by atoms with Crippen LogP contribution in [0.1, 0.15) is 136 Å². The van der Waals surface area contributed by atoms with E-state index in [1.807, 2.05) is 0 Å². The Morgan fingerprint density at radius 1 is 0.435 bits per heavy atom. The average molecular weight is 343 g/mol. The molecule has 0 aromatic carbocycles. The Bertz CT molecular complexity index is 202. The number of rotatable bonds is 19. The molecule has 0 nitrogen and oxygen atoms in total. The molecule has 0 spiro atoms. The maximum atomic E-state index is 4.78. The van der Waals surface area contributed by atoms with Gasteiger partial charge in [-0.2, -0.15) is 12.6 Å². The minimum absolute atomic E-state index is 0.666. The lowest BCUT2D eigenvalue weighted by atomic mass is 10.0. The summed E-state index contributed by atoms with van der Waals surface area (Å²) in [6.07, 6.45) is 27.0. The van der Waals surface area contributed by atoms with Crippen LogP contribution in [0.25, 0.3) is 0 Å². The fourth-order valence-corrected chi connectivity index (χ4v) is 3.71. The van der Waals surface area contributed by atoms with Gasteiger partial charge in [0.15, 0.2) is 0 Å². The molecule has 0 aliphatic carbocycles. The van der Waals surface area contributed by atoms with Gasteiger partial charge in [0.2, 0.25) is 0 Å². The Labute approximate surface area is 154 Å². The monoisotopic (exact) mass is 342 g/mol. The first-order chi connectivity index (χ1) is 11.3. The van der Waals surface area contributed by atoms with Gasteiger partial charge in [0, 0.05) is 5.25 Å². The van der Waals surface area contributed by atoms with Crippen molar-refractivity contribution in [3.63, 3.8) is 0 Å². The van der Waals surface area contributed by atoms with Crippen LogP contribution in [0.2, 0.25) is 0 Å². The van der Waals surface area contributed by atoms with Crippen molar-refractivity contribution in [2.45, 2.75) is 141 Å². The summed E-state index contributed by atoms with van der Waals surface area (Å²) >= 11 is 4.78. The Morgan fingerprint density at radius 2 is 0.696 bits per heavy atom. The summed E-state index contributed by atoms with van der Waals surface area (Å²) in [4.78, 5) is 0. The van der Waals surface area contributed by atoms with Crippen LogP contribution in [-0.2, 0) is 0 Å². The molecular weight excluding hydrogens is 296 g/mol. The largest absolute Gasteiger partial charge is 0.176 e. The van der Waals surface area contributed by atoms with Gasteiger partial charge >= 0.3 is 0 Å². The molecule has 0 bridgehead atoms. The fourth-order valence-electron chi connectivity index (χ4n) is 3.35. The summed E-state index contributed by atoms with van der Waals surface area (Å²) in [6.45, 7) is 4.58. The molecule has 0 aromatic rings. The number of unbranched alkanes of at least 4 members (excludes halogenated alkanes) is 15. The molecule has 0 radical (unpaired) electrons. The maximum absolute atomic E-state index is 4.78. The van der Waals surface area contributed by atoms with Crippen molar-refractivity contribution in [3.05, 3.63) is 0 Å². The number of hydrogen-bond acceptors (Lipinski definition) is 1. The molecule has 0 amide bonds. The Hall–Kier alpha value is 0.350. The SMILES string of the molecule is CCCCCCCCCCCCC(S)CCCCCCCCC. The zero-order valence-corrected chi connectivity index (χ0v) is 17.4. The molecule has 23 heavy (non-hydrogen) atoms. The van der Waals surface area contributed by atoms with E-state index in [4.69, 9.17) is 12.6 Å². The molecule has 0 saturated heterocycles. The van der Waals surface area contributed by atoms with Crippen LogP contribution in [0, 0.1) is 0 Å². The molecule has 0 fully saturated rings. The lowest BCUT2D eigenvalue weighted by Crippen LogP contribution is -1.98. The summed E-state index contributed by atoms with van der Waals surface area (Å²) in [5.41, 5.74) is 0. The molecule has 140 valence electrons. The molecule has 1 unspecified atom stereocenters. The molecule has 0 heterocycles. The zero-order valence-electron chi connectivity index (χ0n) is 16.5. The molecule has 0 saturated carbocycles. The van der Waals surface area contributed by atoms with Crippen LogP contribution in [0.5, 0.6) is 0 Å². The first kappa shape index (κ1) is 23.4. The molecule has 0 rings (SSSR count). The quantitative estimate of drug-likeness (QED) is 0.176. The van der Waals surface area contributed by atoms with E-state index in [1.54, 1.807) is 0 Å². The predicted molar refractivity (Wildman–Crippen MR) is 112 cm³/mol. The minimum Gasteiger partial charge on any atom is -0.176 e. The third-order valence-electron chi connectivity index (χ3n) is 5.03. The van der Waals surface area contributed by atoms with Gasteiger partial charge in [0.1, 0.15) is 0 Å². The van der Waals surface area contributed by atoms with Crippen LogP contribution in [0.3, 0.4) is 0 Å². The molecule has 1 atom stereocenters. The van der Waals surface area contributed by atoms with Gasteiger partial charge in [-0.15, -0.1) is 0 Å². The van der Waals surface area contributed by atoms with Crippen LogP contribution in [0.15, 0.2) is 0 Å². The van der Waals surface area contributed by atoms with E-state index in [0.29, 0.717) is 5.25 Å². The topological polar surface area (TPSA) is 0 Å². The van der Waals surface area contributed by atoms with Crippen LogP contribution in [-0.4, -0.2) is 5.25 Å². The molecule has 1 heteroatoms. The van der Waals surface area contributed by atoms with Crippen molar-refractivity contribution in [1.82, 2.24) is 0 Å². The van der Waals surface area contributed by atoms with Gasteiger partial charge in [-0.3, -0.25) is 0 Å². The van der Waals surface area contributed by atoms with Gasteiger partial charge in [0.25, 0.3) is 0 Å². The zero-order chi connectivity index (χ0) is 17.0. The van der Waals surface area contributed by atoms with E-state index in [-0.39, 0.29) is 0 Å². The Kier molecular flexibility index (Phi) is 20.7. The van der Waals surface area contributed by atoms with Crippen molar-refractivity contribution >= 4 is 12.6 Å². The third kappa shape index (κ3) is 20.3. The van der Waals surface area contributed by atoms with Crippen molar-refractivity contribution in [2.75, 3.05) is 0 Å². The Balaban J connectivity index is 3.11. The van der Waals surface area contributed by atoms with Crippen molar-refractivity contribution in [2.24, 2.45) is 0 Å². The summed E-state index contributed by atoms with van der Waals surface area (Å²) in [5.74, 6) is 0. The first-order valence-corrected chi connectivity index (χ1v) is 11.5. The standard InChI is InChI=1S/C22H46S/c1-3-5-7-9-11-12-13-15-17-19-21-22(23)20-18-16-14-10-8-6-4-2/h22-23H,3-21H2,1-2H3. The highest BCUT2D eigenvalue weighted by atomic mass is 32.1. The van der Waals surface area contributed by atoms with E-state index in [9.17, 15) is 0 Å². The average Bonchev–Trinajstić information content (AvgIpc) is 2.55. The van der Waals surface area contributed by atoms with Crippen LogP contribution < -0.4 is 0 Å². The van der Waals surface area contributed by atoms with E-state index < -0.39 is 0 Å². The summed E-state index contributed by atoms with van der Waals surface area (Å²) in [5, 5.41) is 0.666. The van der Waals surface area contributed by atoms with Crippen LogP contribution >= 0.6 is 12.6 Å². The van der Waals surface area contributed by atoms with Crippen LogP contribution in [0.4, 0.5) is 0 Å².